The Labute approximate surface area is 143 Å². The van der Waals surface area contributed by atoms with E-state index in [1.165, 1.54) is 0 Å². The van der Waals surface area contributed by atoms with E-state index in [0.29, 0.717) is 30.1 Å². The third kappa shape index (κ3) is 2.96. The van der Waals surface area contributed by atoms with Crippen molar-refractivity contribution in [2.75, 3.05) is 12.4 Å². The van der Waals surface area contributed by atoms with E-state index in [0.717, 1.165) is 16.5 Å². The van der Waals surface area contributed by atoms with Crippen LogP contribution in [0.5, 0.6) is 0 Å². The molecule has 25 heavy (non-hydrogen) atoms. The Morgan fingerprint density at radius 3 is 2.80 bits per heavy atom. The molecule has 6 nitrogen and oxygen atoms in total. The largest absolute Gasteiger partial charge is 0.463 e. The van der Waals surface area contributed by atoms with Gasteiger partial charge in [0.25, 0.3) is 0 Å². The fourth-order valence-corrected chi connectivity index (χ4v) is 2.85. The molecule has 0 radical (unpaired) electrons. The molecule has 3 aromatic heterocycles. The molecule has 7 heteroatoms. The predicted molar refractivity (Wildman–Crippen MR) is 92.7 cm³/mol. The zero-order chi connectivity index (χ0) is 17.2. The van der Waals surface area contributed by atoms with Crippen molar-refractivity contribution in [2.24, 2.45) is 0 Å². The monoisotopic (exact) mass is 337 g/mol. The third-order valence-electron chi connectivity index (χ3n) is 3.98. The minimum absolute atomic E-state index is 0.159. The number of nitrogens with zero attached hydrogens (tertiary/aromatic N) is 4. The number of nitrogens with two attached hydrogens (primary N) is 1. The summed E-state index contributed by atoms with van der Waals surface area (Å²) in [6, 6.07) is 11.4. The minimum Gasteiger partial charge on any atom is -0.463 e. The van der Waals surface area contributed by atoms with Crippen molar-refractivity contribution in [3.05, 3.63) is 60.0 Å². The summed E-state index contributed by atoms with van der Waals surface area (Å²) in [6.07, 6.45) is 3.70. The topological polar surface area (TPSA) is 82.8 Å². The number of fused-ring (bicyclic) bond motifs is 1. The van der Waals surface area contributed by atoms with Gasteiger partial charge in [0.05, 0.1) is 31.1 Å². The highest BCUT2D eigenvalue weighted by atomic mass is 19.1. The zero-order valence-electron chi connectivity index (χ0n) is 13.4. The zero-order valence-corrected chi connectivity index (χ0v) is 13.4. The van der Waals surface area contributed by atoms with Crippen LogP contribution in [0, 0.1) is 0 Å². The van der Waals surface area contributed by atoms with Crippen LogP contribution < -0.4 is 5.73 Å². The summed E-state index contributed by atoms with van der Waals surface area (Å²) in [6.45, 7) is 0.141. The molecule has 0 fully saturated rings. The van der Waals surface area contributed by atoms with Crippen LogP contribution in [0.2, 0.25) is 0 Å². The molecule has 0 atom stereocenters. The molecule has 0 unspecified atom stereocenters. The Morgan fingerprint density at radius 1 is 1.12 bits per heavy atom. The second-order valence-corrected chi connectivity index (χ2v) is 5.71. The lowest BCUT2D eigenvalue weighted by Gasteiger charge is -2.06. The van der Waals surface area contributed by atoms with Crippen LogP contribution in [0.15, 0.2) is 53.3 Å². The summed E-state index contributed by atoms with van der Waals surface area (Å²) in [5.41, 5.74) is 9.10. The number of hydrogen-bond donors (Lipinski definition) is 1. The fraction of sp³-hybridized carbons (Fsp3) is 0.167. The molecule has 126 valence electrons. The van der Waals surface area contributed by atoms with Crippen molar-refractivity contribution in [3.63, 3.8) is 0 Å². The Hall–Kier alpha value is -3.22. The first-order chi connectivity index (χ1) is 12.2. The van der Waals surface area contributed by atoms with Gasteiger partial charge in [0, 0.05) is 6.42 Å². The Balaban J connectivity index is 1.75. The molecule has 0 aliphatic rings. The van der Waals surface area contributed by atoms with Crippen LogP contribution in [0.3, 0.4) is 0 Å². The van der Waals surface area contributed by atoms with Crippen molar-refractivity contribution in [1.82, 2.24) is 19.7 Å². The summed E-state index contributed by atoms with van der Waals surface area (Å²) in [5.74, 6) is 0.774. The lowest BCUT2D eigenvalue weighted by Crippen LogP contribution is -2.05. The van der Waals surface area contributed by atoms with Gasteiger partial charge in [0.2, 0.25) is 5.95 Å². The molecule has 0 amide bonds. The maximum Gasteiger partial charge on any atom is 0.222 e. The second kappa shape index (κ2) is 6.35. The van der Waals surface area contributed by atoms with E-state index in [-0.39, 0.29) is 12.6 Å². The smallest absolute Gasteiger partial charge is 0.222 e. The summed E-state index contributed by atoms with van der Waals surface area (Å²) >= 11 is 0. The summed E-state index contributed by atoms with van der Waals surface area (Å²) in [4.78, 5) is 8.61. The Kier molecular flexibility index (Phi) is 3.89. The first kappa shape index (κ1) is 15.3. The van der Waals surface area contributed by atoms with Gasteiger partial charge in [-0.3, -0.25) is 4.39 Å². The number of hydrogen-bond acceptors (Lipinski definition) is 5. The average Bonchev–Trinajstić information content (AvgIpc) is 3.26. The van der Waals surface area contributed by atoms with Crippen molar-refractivity contribution in [2.45, 2.75) is 13.0 Å². The number of anilines is 1. The van der Waals surface area contributed by atoms with Crippen molar-refractivity contribution in [1.29, 1.82) is 0 Å². The maximum atomic E-state index is 12.6. The van der Waals surface area contributed by atoms with Crippen molar-refractivity contribution >= 4 is 17.0 Å². The second-order valence-electron chi connectivity index (χ2n) is 5.71. The van der Waals surface area contributed by atoms with E-state index < -0.39 is 0 Å². The van der Waals surface area contributed by atoms with Gasteiger partial charge >= 0.3 is 0 Å². The number of aryl methyl sites for hydroxylation is 1. The number of halogens is 1. The normalized spacial score (nSPS) is 11.2. The number of aromatic nitrogens is 4. The molecule has 1 aromatic carbocycles. The molecule has 0 saturated heterocycles. The number of rotatable bonds is 5. The molecule has 0 saturated carbocycles. The van der Waals surface area contributed by atoms with E-state index in [1.54, 1.807) is 23.2 Å². The van der Waals surface area contributed by atoms with Gasteiger partial charge in [-0.25, -0.2) is 9.67 Å². The molecular weight excluding hydrogens is 321 g/mol. The van der Waals surface area contributed by atoms with E-state index in [4.69, 9.17) is 10.2 Å². The van der Waals surface area contributed by atoms with Gasteiger partial charge in [-0.15, -0.1) is 0 Å². The molecular formula is C18H16FN5O. The SMILES string of the molecule is Nc1nc(-c2ccco2)c2cnn(Cc3cccc(CCF)c3)c2n1. The lowest BCUT2D eigenvalue weighted by molar-refractivity contribution is 0.495. The van der Waals surface area contributed by atoms with Crippen molar-refractivity contribution in [3.8, 4) is 11.5 Å². The van der Waals surface area contributed by atoms with Gasteiger partial charge in [-0.1, -0.05) is 24.3 Å². The number of nitrogen functional groups attached to an aromatic ring is 1. The molecule has 0 spiro atoms. The average molecular weight is 337 g/mol. The minimum atomic E-state index is -0.371. The fourth-order valence-electron chi connectivity index (χ4n) is 2.85. The van der Waals surface area contributed by atoms with E-state index in [9.17, 15) is 4.39 Å². The summed E-state index contributed by atoms with van der Waals surface area (Å²) in [5, 5.41) is 5.19. The van der Waals surface area contributed by atoms with Gasteiger partial charge in [0.15, 0.2) is 11.4 Å². The predicted octanol–water partition coefficient (Wildman–Crippen LogP) is 3.23. The van der Waals surface area contributed by atoms with Crippen LogP contribution in [0.4, 0.5) is 10.3 Å². The number of furan rings is 1. The molecule has 3 heterocycles. The molecule has 4 aromatic rings. The van der Waals surface area contributed by atoms with Gasteiger partial charge in [-0.2, -0.15) is 10.1 Å². The van der Waals surface area contributed by atoms with E-state index >= 15 is 0 Å². The first-order valence-corrected chi connectivity index (χ1v) is 7.91. The standard InChI is InChI=1S/C18H16FN5O/c19-7-6-12-3-1-4-13(9-12)11-24-17-14(10-21-24)16(22-18(20)23-17)15-5-2-8-25-15/h1-5,8-10H,6-7,11H2,(H2,20,22,23). The molecule has 0 aliphatic carbocycles. The molecule has 2 N–H and O–H groups in total. The summed E-state index contributed by atoms with van der Waals surface area (Å²) < 4.78 is 19.8. The van der Waals surface area contributed by atoms with Gasteiger partial charge in [0.1, 0.15) is 5.69 Å². The van der Waals surface area contributed by atoms with E-state index in [2.05, 4.69) is 15.1 Å². The first-order valence-electron chi connectivity index (χ1n) is 7.91. The number of alkyl halides is 1. The summed E-state index contributed by atoms with van der Waals surface area (Å²) in [7, 11) is 0. The maximum absolute atomic E-state index is 12.6. The highest BCUT2D eigenvalue weighted by Gasteiger charge is 2.15. The van der Waals surface area contributed by atoms with Crippen LogP contribution in [0.1, 0.15) is 11.1 Å². The molecule has 0 bridgehead atoms. The van der Waals surface area contributed by atoms with E-state index in [1.807, 2.05) is 30.3 Å². The molecule has 0 aliphatic heterocycles. The van der Waals surface area contributed by atoms with Gasteiger partial charge in [-0.05, 0) is 23.3 Å². The van der Waals surface area contributed by atoms with Crippen LogP contribution in [0.25, 0.3) is 22.5 Å². The lowest BCUT2D eigenvalue weighted by atomic mass is 10.1. The third-order valence-corrected chi connectivity index (χ3v) is 3.98. The highest BCUT2D eigenvalue weighted by molar-refractivity contribution is 5.89. The van der Waals surface area contributed by atoms with Gasteiger partial charge < -0.3 is 10.2 Å². The van der Waals surface area contributed by atoms with Crippen LogP contribution in [-0.4, -0.2) is 26.4 Å². The molecule has 4 rings (SSSR count). The number of benzene rings is 1. The highest BCUT2D eigenvalue weighted by Crippen LogP contribution is 2.27. The van der Waals surface area contributed by atoms with Crippen LogP contribution >= 0.6 is 0 Å². The quantitative estimate of drug-likeness (QED) is 0.604. The van der Waals surface area contributed by atoms with Crippen LogP contribution in [-0.2, 0) is 13.0 Å². The Morgan fingerprint density at radius 2 is 2.00 bits per heavy atom. The Bertz CT molecular complexity index is 1010. The van der Waals surface area contributed by atoms with Crippen molar-refractivity contribution < 1.29 is 8.81 Å².